The number of nitrogens with zero attached hydrogens (tertiary/aromatic N) is 3. The molecule has 2 rings (SSSR count). The van der Waals surface area contributed by atoms with Crippen molar-refractivity contribution < 1.29 is 9.72 Å². The number of aromatic nitrogens is 2. The van der Waals surface area contributed by atoms with Crippen LogP contribution < -0.4 is 5.32 Å². The minimum Gasteiger partial charge on any atom is -0.354 e. The molecule has 110 valence electrons. The Morgan fingerprint density at radius 2 is 1.95 bits per heavy atom. The van der Waals surface area contributed by atoms with Crippen molar-refractivity contribution in [1.29, 1.82) is 0 Å². The molecule has 0 radical (unpaired) electrons. The summed E-state index contributed by atoms with van der Waals surface area (Å²) in [6, 6.07) is 4.23. The van der Waals surface area contributed by atoms with Gasteiger partial charge in [-0.1, -0.05) is 20.8 Å². The van der Waals surface area contributed by atoms with Gasteiger partial charge < -0.3 is 5.32 Å². The van der Waals surface area contributed by atoms with Crippen LogP contribution in [0.2, 0.25) is 0 Å². The fourth-order valence-electron chi connectivity index (χ4n) is 1.86. The zero-order valence-corrected chi connectivity index (χ0v) is 12.3. The highest BCUT2D eigenvalue weighted by molar-refractivity contribution is 6.04. The third-order valence-corrected chi connectivity index (χ3v) is 3.00. The van der Waals surface area contributed by atoms with Crippen LogP contribution in [0.4, 0.5) is 5.69 Å². The van der Waals surface area contributed by atoms with E-state index in [1.807, 2.05) is 20.8 Å². The zero-order valence-electron chi connectivity index (χ0n) is 12.3. The molecule has 2 aromatic rings. The van der Waals surface area contributed by atoms with Crippen LogP contribution in [-0.2, 0) is 5.41 Å². The molecule has 0 bridgehead atoms. The van der Waals surface area contributed by atoms with Crippen molar-refractivity contribution in [2.45, 2.75) is 26.2 Å². The standard InChI is InChI=1S/C14H16N4O3/c1-14(2,3)13-16-10-6-5-8(18(20)21)7-9(10)11(17-13)12(19)15-4/h5-7H,1-4H3,(H,15,19). The summed E-state index contributed by atoms with van der Waals surface area (Å²) in [5.41, 5.74) is 0.230. The van der Waals surface area contributed by atoms with Gasteiger partial charge in [-0.05, 0) is 6.07 Å². The number of benzene rings is 1. The number of rotatable bonds is 2. The molecule has 0 aliphatic carbocycles. The van der Waals surface area contributed by atoms with Crippen LogP contribution in [0.1, 0.15) is 37.1 Å². The first-order valence-corrected chi connectivity index (χ1v) is 6.43. The van der Waals surface area contributed by atoms with E-state index in [1.54, 1.807) is 0 Å². The minimum absolute atomic E-state index is 0.0974. The molecule has 1 N–H and O–H groups in total. The van der Waals surface area contributed by atoms with Gasteiger partial charge in [0.2, 0.25) is 0 Å². The quantitative estimate of drug-likeness (QED) is 0.674. The summed E-state index contributed by atoms with van der Waals surface area (Å²) in [6.07, 6.45) is 0. The number of hydrogen-bond acceptors (Lipinski definition) is 5. The van der Waals surface area contributed by atoms with Crippen molar-refractivity contribution in [1.82, 2.24) is 15.3 Å². The van der Waals surface area contributed by atoms with Crippen LogP contribution in [0, 0.1) is 10.1 Å². The molecule has 1 heterocycles. The summed E-state index contributed by atoms with van der Waals surface area (Å²) in [5, 5.41) is 13.8. The lowest BCUT2D eigenvalue weighted by molar-refractivity contribution is -0.384. The van der Waals surface area contributed by atoms with Crippen molar-refractivity contribution in [3.63, 3.8) is 0 Å². The smallest absolute Gasteiger partial charge is 0.270 e. The van der Waals surface area contributed by atoms with Crippen molar-refractivity contribution in [3.05, 3.63) is 39.8 Å². The molecule has 0 saturated carbocycles. The van der Waals surface area contributed by atoms with E-state index in [-0.39, 0.29) is 16.8 Å². The van der Waals surface area contributed by atoms with Gasteiger partial charge in [0, 0.05) is 30.0 Å². The topological polar surface area (TPSA) is 98.0 Å². The second-order valence-corrected chi connectivity index (χ2v) is 5.68. The van der Waals surface area contributed by atoms with Gasteiger partial charge in [0.1, 0.15) is 11.5 Å². The molecule has 7 heteroatoms. The molecule has 7 nitrogen and oxygen atoms in total. The van der Waals surface area contributed by atoms with Gasteiger partial charge in [0.05, 0.1) is 10.4 Å². The van der Waals surface area contributed by atoms with E-state index >= 15 is 0 Å². The summed E-state index contributed by atoms with van der Waals surface area (Å²) >= 11 is 0. The summed E-state index contributed by atoms with van der Waals surface area (Å²) in [7, 11) is 1.49. The first kappa shape index (κ1) is 14.8. The Hall–Kier alpha value is -2.57. The number of nitro benzene ring substituents is 1. The molecule has 0 spiro atoms. The predicted octanol–water partition coefficient (Wildman–Crippen LogP) is 2.20. The number of hydrogen-bond donors (Lipinski definition) is 1. The zero-order chi connectivity index (χ0) is 15.8. The van der Waals surface area contributed by atoms with E-state index in [0.29, 0.717) is 16.7 Å². The second kappa shape index (κ2) is 5.08. The summed E-state index contributed by atoms with van der Waals surface area (Å²) in [6.45, 7) is 5.81. The molecule has 1 amide bonds. The number of nitrogens with one attached hydrogen (secondary N) is 1. The highest BCUT2D eigenvalue weighted by Crippen LogP contribution is 2.26. The Labute approximate surface area is 121 Å². The first-order valence-electron chi connectivity index (χ1n) is 6.43. The predicted molar refractivity (Wildman–Crippen MR) is 78.3 cm³/mol. The molecule has 1 aromatic heterocycles. The SMILES string of the molecule is CNC(=O)c1nc(C(C)(C)C)nc2ccc([N+](=O)[O-])cc12. The van der Waals surface area contributed by atoms with E-state index < -0.39 is 10.8 Å². The molecule has 0 aliphatic heterocycles. The van der Waals surface area contributed by atoms with Crippen LogP contribution in [0.25, 0.3) is 10.9 Å². The maximum absolute atomic E-state index is 12.0. The maximum atomic E-state index is 12.0. The van der Waals surface area contributed by atoms with Crippen LogP contribution in [0.5, 0.6) is 0 Å². The van der Waals surface area contributed by atoms with Crippen molar-refractivity contribution in [3.8, 4) is 0 Å². The van der Waals surface area contributed by atoms with Gasteiger partial charge in [-0.2, -0.15) is 0 Å². The molecule has 0 atom stereocenters. The Bertz CT molecular complexity index is 735. The lowest BCUT2D eigenvalue weighted by Gasteiger charge is -2.18. The lowest BCUT2D eigenvalue weighted by Crippen LogP contribution is -2.24. The molecular weight excluding hydrogens is 272 g/mol. The fraction of sp³-hybridized carbons (Fsp3) is 0.357. The highest BCUT2D eigenvalue weighted by atomic mass is 16.6. The molecule has 0 aliphatic rings. The van der Waals surface area contributed by atoms with Crippen LogP contribution in [0.15, 0.2) is 18.2 Å². The van der Waals surface area contributed by atoms with Gasteiger partial charge in [-0.25, -0.2) is 9.97 Å². The number of carbonyl (C=O) groups is 1. The lowest BCUT2D eigenvalue weighted by atomic mass is 9.95. The minimum atomic E-state index is -0.509. The van der Waals surface area contributed by atoms with E-state index in [2.05, 4.69) is 15.3 Å². The second-order valence-electron chi connectivity index (χ2n) is 5.68. The Morgan fingerprint density at radius 3 is 2.48 bits per heavy atom. The normalized spacial score (nSPS) is 11.4. The number of non-ortho nitro benzene ring substituents is 1. The average Bonchev–Trinajstić information content (AvgIpc) is 2.43. The Kier molecular flexibility index (Phi) is 3.59. The van der Waals surface area contributed by atoms with Crippen LogP contribution in [0.3, 0.4) is 0 Å². The average molecular weight is 288 g/mol. The summed E-state index contributed by atoms with van der Waals surface area (Å²) < 4.78 is 0. The number of amides is 1. The number of carbonyl (C=O) groups excluding carboxylic acids is 1. The third-order valence-electron chi connectivity index (χ3n) is 3.00. The third kappa shape index (κ3) is 2.81. The van der Waals surface area contributed by atoms with Crippen molar-refractivity contribution in [2.75, 3.05) is 7.05 Å². The maximum Gasteiger partial charge on any atom is 0.270 e. The van der Waals surface area contributed by atoms with Gasteiger partial charge in [-0.15, -0.1) is 0 Å². The monoisotopic (exact) mass is 288 g/mol. The van der Waals surface area contributed by atoms with E-state index in [9.17, 15) is 14.9 Å². The molecular formula is C14H16N4O3. The molecule has 1 aromatic carbocycles. The first-order chi connectivity index (χ1) is 9.74. The molecule has 0 saturated heterocycles. The van der Waals surface area contributed by atoms with E-state index in [1.165, 1.54) is 25.2 Å². The molecule has 0 unspecified atom stereocenters. The Balaban J connectivity index is 2.81. The van der Waals surface area contributed by atoms with Gasteiger partial charge >= 0.3 is 0 Å². The fourth-order valence-corrected chi connectivity index (χ4v) is 1.86. The van der Waals surface area contributed by atoms with Gasteiger partial charge in [0.25, 0.3) is 11.6 Å². The highest BCUT2D eigenvalue weighted by Gasteiger charge is 2.23. The number of fused-ring (bicyclic) bond motifs is 1. The van der Waals surface area contributed by atoms with E-state index in [4.69, 9.17) is 0 Å². The molecule has 21 heavy (non-hydrogen) atoms. The number of nitro groups is 1. The van der Waals surface area contributed by atoms with Crippen molar-refractivity contribution >= 4 is 22.5 Å². The van der Waals surface area contributed by atoms with E-state index in [0.717, 1.165) is 0 Å². The van der Waals surface area contributed by atoms with Gasteiger partial charge in [-0.3, -0.25) is 14.9 Å². The summed E-state index contributed by atoms with van der Waals surface area (Å²) in [4.78, 5) is 31.1. The largest absolute Gasteiger partial charge is 0.354 e. The van der Waals surface area contributed by atoms with Crippen LogP contribution >= 0.6 is 0 Å². The van der Waals surface area contributed by atoms with Crippen LogP contribution in [-0.4, -0.2) is 27.8 Å². The van der Waals surface area contributed by atoms with Gasteiger partial charge in [0.15, 0.2) is 0 Å². The molecule has 0 fully saturated rings. The van der Waals surface area contributed by atoms with Crippen molar-refractivity contribution in [2.24, 2.45) is 0 Å². The summed E-state index contributed by atoms with van der Waals surface area (Å²) in [5.74, 6) is 0.121. The Morgan fingerprint density at radius 1 is 1.29 bits per heavy atom.